The van der Waals surface area contributed by atoms with Crippen LogP contribution in [0, 0.1) is 0 Å². The third-order valence-electron chi connectivity index (χ3n) is 1.48. The van der Waals surface area contributed by atoms with Gasteiger partial charge in [-0.15, -0.1) is 11.8 Å². The number of hydrogen-bond acceptors (Lipinski definition) is 4. The summed E-state index contributed by atoms with van der Waals surface area (Å²) in [5.74, 6) is 0.745. The molecule has 1 rings (SSSR count). The molecule has 1 atom stereocenters. The van der Waals surface area contributed by atoms with Gasteiger partial charge in [-0.05, 0) is 6.92 Å². The first kappa shape index (κ1) is 8.59. The third kappa shape index (κ3) is 2.54. The number of ether oxygens (including phenoxy) is 1. The summed E-state index contributed by atoms with van der Waals surface area (Å²) in [5.41, 5.74) is 0. The SMILES string of the molecule is COC(=O)CC1CSC(C)=N1. The molecule has 4 heteroatoms. The number of hydrogen-bond donors (Lipinski definition) is 0. The van der Waals surface area contributed by atoms with E-state index in [-0.39, 0.29) is 12.0 Å². The van der Waals surface area contributed by atoms with Crippen molar-refractivity contribution in [2.75, 3.05) is 12.9 Å². The second kappa shape index (κ2) is 3.76. The van der Waals surface area contributed by atoms with Gasteiger partial charge in [0.25, 0.3) is 0 Å². The monoisotopic (exact) mass is 173 g/mol. The summed E-state index contributed by atoms with van der Waals surface area (Å²) in [4.78, 5) is 15.0. The third-order valence-corrected chi connectivity index (χ3v) is 2.55. The molecule has 0 aromatic rings. The zero-order chi connectivity index (χ0) is 8.27. The van der Waals surface area contributed by atoms with Gasteiger partial charge in [0.2, 0.25) is 0 Å². The Morgan fingerprint density at radius 3 is 3.09 bits per heavy atom. The van der Waals surface area contributed by atoms with Crippen molar-refractivity contribution in [2.45, 2.75) is 19.4 Å². The largest absolute Gasteiger partial charge is 0.469 e. The Bertz CT molecular complexity index is 191. The Morgan fingerprint density at radius 1 is 1.91 bits per heavy atom. The molecule has 0 saturated carbocycles. The molecule has 0 saturated heterocycles. The van der Waals surface area contributed by atoms with Crippen molar-refractivity contribution >= 4 is 22.8 Å². The van der Waals surface area contributed by atoms with E-state index < -0.39 is 0 Å². The van der Waals surface area contributed by atoms with Gasteiger partial charge in [-0.2, -0.15) is 0 Å². The molecule has 1 heterocycles. The number of carbonyl (C=O) groups excluding carboxylic acids is 1. The van der Waals surface area contributed by atoms with Gasteiger partial charge in [0.05, 0.1) is 24.6 Å². The van der Waals surface area contributed by atoms with Gasteiger partial charge in [-0.1, -0.05) is 0 Å². The summed E-state index contributed by atoms with van der Waals surface area (Å²) >= 11 is 1.70. The lowest BCUT2D eigenvalue weighted by atomic mass is 10.2. The van der Waals surface area contributed by atoms with Crippen LogP contribution in [0.15, 0.2) is 4.99 Å². The second-order valence-corrected chi connectivity index (χ2v) is 3.61. The molecule has 0 fully saturated rings. The highest BCUT2D eigenvalue weighted by Gasteiger charge is 2.18. The number of carbonyl (C=O) groups is 1. The molecule has 0 bridgehead atoms. The number of thioether (sulfide) groups is 1. The van der Waals surface area contributed by atoms with E-state index in [1.54, 1.807) is 11.8 Å². The Balaban J connectivity index is 2.34. The van der Waals surface area contributed by atoms with E-state index in [0.717, 1.165) is 10.8 Å². The first-order valence-electron chi connectivity index (χ1n) is 3.46. The van der Waals surface area contributed by atoms with E-state index in [1.165, 1.54) is 7.11 Å². The van der Waals surface area contributed by atoms with Crippen LogP contribution in [0.1, 0.15) is 13.3 Å². The van der Waals surface area contributed by atoms with E-state index >= 15 is 0 Å². The summed E-state index contributed by atoms with van der Waals surface area (Å²) in [6.45, 7) is 1.96. The predicted molar refractivity (Wildman–Crippen MR) is 46.0 cm³/mol. The van der Waals surface area contributed by atoms with Crippen LogP contribution in [-0.2, 0) is 9.53 Å². The van der Waals surface area contributed by atoms with Crippen molar-refractivity contribution in [3.63, 3.8) is 0 Å². The molecule has 0 aromatic carbocycles. The predicted octanol–water partition coefficient (Wildman–Crippen LogP) is 1.08. The number of esters is 1. The normalized spacial score (nSPS) is 23.1. The van der Waals surface area contributed by atoms with Gasteiger partial charge < -0.3 is 4.74 Å². The summed E-state index contributed by atoms with van der Waals surface area (Å²) in [5, 5.41) is 1.07. The van der Waals surface area contributed by atoms with Gasteiger partial charge in [0.15, 0.2) is 0 Å². The van der Waals surface area contributed by atoms with Gasteiger partial charge in [-0.3, -0.25) is 9.79 Å². The number of rotatable bonds is 2. The van der Waals surface area contributed by atoms with Crippen LogP contribution in [0.3, 0.4) is 0 Å². The maximum absolute atomic E-state index is 10.8. The van der Waals surface area contributed by atoms with E-state index in [9.17, 15) is 4.79 Å². The zero-order valence-corrected chi connectivity index (χ0v) is 7.48. The first-order valence-corrected chi connectivity index (χ1v) is 4.45. The van der Waals surface area contributed by atoms with Crippen molar-refractivity contribution in [3.8, 4) is 0 Å². The molecule has 1 unspecified atom stereocenters. The lowest BCUT2D eigenvalue weighted by molar-refractivity contribution is -0.140. The summed E-state index contributed by atoms with van der Waals surface area (Å²) < 4.78 is 4.53. The highest BCUT2D eigenvalue weighted by Crippen LogP contribution is 2.19. The van der Waals surface area contributed by atoms with Crippen molar-refractivity contribution in [1.29, 1.82) is 0 Å². The van der Waals surface area contributed by atoms with E-state index in [0.29, 0.717) is 6.42 Å². The van der Waals surface area contributed by atoms with Gasteiger partial charge in [-0.25, -0.2) is 0 Å². The Labute approximate surface area is 70.2 Å². The topological polar surface area (TPSA) is 38.7 Å². The quantitative estimate of drug-likeness (QED) is 0.586. The molecule has 11 heavy (non-hydrogen) atoms. The number of aliphatic imine (C=N–C) groups is 1. The van der Waals surface area contributed by atoms with Crippen molar-refractivity contribution in [3.05, 3.63) is 0 Å². The number of methoxy groups -OCH3 is 1. The van der Waals surface area contributed by atoms with E-state index in [2.05, 4.69) is 9.73 Å². The molecule has 0 spiro atoms. The molecule has 1 aliphatic heterocycles. The smallest absolute Gasteiger partial charge is 0.307 e. The molecule has 0 N–H and O–H groups in total. The molecule has 0 aromatic heterocycles. The van der Waals surface area contributed by atoms with Crippen LogP contribution in [0.2, 0.25) is 0 Å². The Hall–Kier alpha value is -0.510. The lowest BCUT2D eigenvalue weighted by Gasteiger charge is -2.02. The van der Waals surface area contributed by atoms with E-state index in [4.69, 9.17) is 0 Å². The molecule has 0 radical (unpaired) electrons. The highest BCUT2D eigenvalue weighted by molar-refractivity contribution is 8.14. The van der Waals surface area contributed by atoms with Crippen LogP contribution < -0.4 is 0 Å². The molecule has 0 aliphatic carbocycles. The molecular formula is C7H11NO2S. The molecule has 62 valence electrons. The standard InChI is InChI=1S/C7H11NO2S/c1-5-8-6(4-11-5)3-7(9)10-2/h6H,3-4H2,1-2H3. The fourth-order valence-electron chi connectivity index (χ4n) is 0.929. The van der Waals surface area contributed by atoms with Gasteiger partial charge >= 0.3 is 5.97 Å². The zero-order valence-electron chi connectivity index (χ0n) is 6.66. The molecule has 3 nitrogen and oxygen atoms in total. The minimum absolute atomic E-state index is 0.146. The van der Waals surface area contributed by atoms with E-state index in [1.807, 2.05) is 6.92 Å². The minimum Gasteiger partial charge on any atom is -0.469 e. The highest BCUT2D eigenvalue weighted by atomic mass is 32.2. The number of nitrogens with zero attached hydrogens (tertiary/aromatic N) is 1. The first-order chi connectivity index (χ1) is 5.22. The van der Waals surface area contributed by atoms with Crippen molar-refractivity contribution < 1.29 is 9.53 Å². The molecule has 0 amide bonds. The van der Waals surface area contributed by atoms with Crippen molar-refractivity contribution in [1.82, 2.24) is 0 Å². The second-order valence-electron chi connectivity index (χ2n) is 2.39. The maximum atomic E-state index is 10.8. The van der Waals surface area contributed by atoms with Crippen LogP contribution in [0.4, 0.5) is 0 Å². The lowest BCUT2D eigenvalue weighted by Crippen LogP contribution is -2.12. The van der Waals surface area contributed by atoms with Crippen LogP contribution in [-0.4, -0.2) is 29.9 Å². The van der Waals surface area contributed by atoms with Crippen LogP contribution >= 0.6 is 11.8 Å². The van der Waals surface area contributed by atoms with Crippen molar-refractivity contribution in [2.24, 2.45) is 4.99 Å². The van der Waals surface area contributed by atoms with Gasteiger partial charge in [0.1, 0.15) is 0 Å². The Morgan fingerprint density at radius 2 is 2.64 bits per heavy atom. The Kier molecular flexibility index (Phi) is 2.93. The van der Waals surface area contributed by atoms with Crippen LogP contribution in [0.25, 0.3) is 0 Å². The molecule has 1 aliphatic rings. The molecular weight excluding hydrogens is 162 g/mol. The van der Waals surface area contributed by atoms with Crippen LogP contribution in [0.5, 0.6) is 0 Å². The summed E-state index contributed by atoms with van der Waals surface area (Å²) in [6.07, 6.45) is 0.418. The summed E-state index contributed by atoms with van der Waals surface area (Å²) in [6, 6.07) is 0.146. The average Bonchev–Trinajstić information content (AvgIpc) is 2.35. The fourth-order valence-corrected chi connectivity index (χ4v) is 1.78. The summed E-state index contributed by atoms with van der Waals surface area (Å²) in [7, 11) is 1.40. The fraction of sp³-hybridized carbons (Fsp3) is 0.714. The van der Waals surface area contributed by atoms with Gasteiger partial charge in [0, 0.05) is 5.75 Å². The average molecular weight is 173 g/mol. The minimum atomic E-state index is -0.172. The maximum Gasteiger partial charge on any atom is 0.307 e.